The van der Waals surface area contributed by atoms with Crippen LogP contribution in [0.5, 0.6) is 0 Å². The Morgan fingerprint density at radius 3 is 2.95 bits per heavy atom. The first-order valence-corrected chi connectivity index (χ1v) is 6.59. The summed E-state index contributed by atoms with van der Waals surface area (Å²) >= 11 is 5.98. The number of hydrogen-bond acceptors (Lipinski definition) is 5. The molecule has 1 heterocycles. The fraction of sp³-hybridized carbons (Fsp3) is 0.231. The Labute approximate surface area is 126 Å². The maximum Gasteiger partial charge on any atom is 0.256 e. The van der Waals surface area contributed by atoms with E-state index in [2.05, 4.69) is 22.1 Å². The van der Waals surface area contributed by atoms with Crippen molar-refractivity contribution in [1.82, 2.24) is 25.1 Å². The van der Waals surface area contributed by atoms with E-state index in [1.54, 1.807) is 24.3 Å². The number of carbonyl (C=O) groups is 1. The minimum atomic E-state index is -0.281. The van der Waals surface area contributed by atoms with Crippen LogP contribution in [0, 0.1) is 0 Å². The molecular formula is C13H14ClN5O2. The number of aliphatic hydroxyl groups excluding tert-OH is 1. The van der Waals surface area contributed by atoms with Crippen LogP contribution in [-0.2, 0) is 0 Å². The third-order valence-corrected chi connectivity index (χ3v) is 3.03. The molecule has 0 aliphatic rings. The van der Waals surface area contributed by atoms with Crippen molar-refractivity contribution in [3.8, 4) is 5.69 Å². The highest BCUT2D eigenvalue weighted by atomic mass is 35.5. The molecule has 1 amide bonds. The summed E-state index contributed by atoms with van der Waals surface area (Å²) in [5.41, 5.74) is 0.867. The molecule has 0 atom stereocenters. The lowest BCUT2D eigenvalue weighted by atomic mass is 10.1. The van der Waals surface area contributed by atoms with Gasteiger partial charge in [-0.1, -0.05) is 17.7 Å². The zero-order valence-corrected chi connectivity index (χ0v) is 11.9. The van der Waals surface area contributed by atoms with E-state index in [9.17, 15) is 4.79 Å². The van der Waals surface area contributed by atoms with Gasteiger partial charge in [0.25, 0.3) is 5.91 Å². The number of aromatic nitrogens is 4. The first-order chi connectivity index (χ1) is 10.2. The minimum Gasteiger partial charge on any atom is -0.395 e. The zero-order valence-electron chi connectivity index (χ0n) is 11.2. The van der Waals surface area contributed by atoms with Gasteiger partial charge in [0.2, 0.25) is 0 Å². The summed E-state index contributed by atoms with van der Waals surface area (Å²) < 4.78 is 1.38. The van der Waals surface area contributed by atoms with Crippen molar-refractivity contribution in [2.24, 2.45) is 0 Å². The topological polar surface area (TPSA) is 84.1 Å². The lowest BCUT2D eigenvalue weighted by Crippen LogP contribution is -2.34. The van der Waals surface area contributed by atoms with E-state index in [-0.39, 0.29) is 19.1 Å². The molecule has 0 radical (unpaired) electrons. The van der Waals surface area contributed by atoms with Gasteiger partial charge in [-0.3, -0.25) is 4.79 Å². The van der Waals surface area contributed by atoms with E-state index in [0.717, 1.165) is 0 Å². The first kappa shape index (κ1) is 15.1. The lowest BCUT2D eigenvalue weighted by Gasteiger charge is -2.21. The molecule has 0 saturated heterocycles. The summed E-state index contributed by atoms with van der Waals surface area (Å²) in [4.78, 5) is 14.1. The average Bonchev–Trinajstić information content (AvgIpc) is 3.00. The van der Waals surface area contributed by atoms with E-state index in [1.165, 1.54) is 15.9 Å². The van der Waals surface area contributed by atoms with Gasteiger partial charge in [-0.05, 0) is 28.6 Å². The van der Waals surface area contributed by atoms with Crippen molar-refractivity contribution in [1.29, 1.82) is 0 Å². The van der Waals surface area contributed by atoms with Gasteiger partial charge < -0.3 is 10.0 Å². The van der Waals surface area contributed by atoms with Crippen molar-refractivity contribution >= 4 is 17.5 Å². The second-order valence-electron chi connectivity index (χ2n) is 4.18. The molecule has 110 valence electrons. The standard InChI is InChI=1S/C13H14ClN5O2/c1-2-5-18(6-7-20)13(21)11-8-10(14)3-4-12(11)19-9-15-16-17-19/h2-4,8-9,20H,1,5-7H2. The number of carbonyl (C=O) groups excluding carboxylic acids is 1. The third kappa shape index (κ3) is 3.45. The molecule has 1 N–H and O–H groups in total. The number of hydrogen-bond donors (Lipinski definition) is 1. The average molecular weight is 308 g/mol. The van der Waals surface area contributed by atoms with Gasteiger partial charge >= 0.3 is 0 Å². The molecule has 21 heavy (non-hydrogen) atoms. The van der Waals surface area contributed by atoms with Gasteiger partial charge in [0.1, 0.15) is 6.33 Å². The van der Waals surface area contributed by atoms with E-state index in [4.69, 9.17) is 16.7 Å². The molecule has 0 saturated carbocycles. The van der Waals surface area contributed by atoms with Crippen molar-refractivity contribution in [2.45, 2.75) is 0 Å². The van der Waals surface area contributed by atoms with Crippen molar-refractivity contribution in [3.05, 3.63) is 47.8 Å². The Bertz CT molecular complexity index is 629. The lowest BCUT2D eigenvalue weighted by molar-refractivity contribution is 0.0742. The summed E-state index contributed by atoms with van der Waals surface area (Å²) in [5.74, 6) is -0.281. The second-order valence-corrected chi connectivity index (χ2v) is 4.62. The Morgan fingerprint density at radius 2 is 2.33 bits per heavy atom. The maximum absolute atomic E-state index is 12.6. The smallest absolute Gasteiger partial charge is 0.256 e. The predicted molar refractivity (Wildman–Crippen MR) is 77.4 cm³/mol. The summed E-state index contributed by atoms with van der Waals surface area (Å²) in [6, 6.07) is 4.87. The fourth-order valence-corrected chi connectivity index (χ4v) is 2.05. The number of nitrogens with zero attached hydrogens (tertiary/aromatic N) is 5. The van der Waals surface area contributed by atoms with Crippen LogP contribution in [0.4, 0.5) is 0 Å². The molecule has 0 fully saturated rings. The molecule has 0 unspecified atom stereocenters. The van der Waals surface area contributed by atoms with Gasteiger partial charge in [0.05, 0.1) is 17.9 Å². The number of aliphatic hydroxyl groups is 1. The van der Waals surface area contributed by atoms with Crippen LogP contribution >= 0.6 is 11.6 Å². The van der Waals surface area contributed by atoms with Crippen LogP contribution in [0.25, 0.3) is 5.69 Å². The fourth-order valence-electron chi connectivity index (χ4n) is 1.87. The van der Waals surface area contributed by atoms with Crippen molar-refractivity contribution < 1.29 is 9.90 Å². The second kappa shape index (κ2) is 6.96. The van der Waals surface area contributed by atoms with Crippen LogP contribution in [0.3, 0.4) is 0 Å². The molecule has 8 heteroatoms. The van der Waals surface area contributed by atoms with Crippen LogP contribution < -0.4 is 0 Å². The number of rotatable bonds is 6. The van der Waals surface area contributed by atoms with Crippen LogP contribution in [-0.4, -0.2) is 55.8 Å². The highest BCUT2D eigenvalue weighted by molar-refractivity contribution is 6.31. The van der Waals surface area contributed by atoms with Crippen molar-refractivity contribution in [2.75, 3.05) is 19.7 Å². The van der Waals surface area contributed by atoms with E-state index in [1.807, 2.05) is 0 Å². The SMILES string of the molecule is C=CCN(CCO)C(=O)c1cc(Cl)ccc1-n1cnnn1. The number of benzene rings is 1. The monoisotopic (exact) mass is 307 g/mol. The molecular weight excluding hydrogens is 294 g/mol. The largest absolute Gasteiger partial charge is 0.395 e. The van der Waals surface area contributed by atoms with E-state index < -0.39 is 0 Å². The molecule has 0 aliphatic heterocycles. The highest BCUT2D eigenvalue weighted by Gasteiger charge is 2.19. The number of halogens is 1. The van der Waals surface area contributed by atoms with Crippen LogP contribution in [0.1, 0.15) is 10.4 Å². The Hall–Kier alpha value is -2.25. The summed E-state index contributed by atoms with van der Waals surface area (Å²) in [5, 5.41) is 20.4. The molecule has 0 aliphatic carbocycles. The molecule has 1 aromatic heterocycles. The minimum absolute atomic E-state index is 0.139. The summed E-state index contributed by atoms with van der Waals surface area (Å²) in [6.07, 6.45) is 2.98. The highest BCUT2D eigenvalue weighted by Crippen LogP contribution is 2.20. The zero-order chi connectivity index (χ0) is 15.2. The summed E-state index contributed by atoms with van der Waals surface area (Å²) in [7, 11) is 0. The number of tetrazole rings is 1. The molecule has 7 nitrogen and oxygen atoms in total. The Morgan fingerprint density at radius 1 is 1.52 bits per heavy atom. The molecule has 0 spiro atoms. The van der Waals surface area contributed by atoms with E-state index in [0.29, 0.717) is 22.8 Å². The molecule has 2 aromatic rings. The first-order valence-electron chi connectivity index (χ1n) is 6.21. The maximum atomic E-state index is 12.6. The Kier molecular flexibility index (Phi) is 5.02. The van der Waals surface area contributed by atoms with Crippen LogP contribution in [0.15, 0.2) is 37.2 Å². The summed E-state index contributed by atoms with van der Waals surface area (Å²) in [6.45, 7) is 3.99. The Balaban J connectivity index is 2.43. The predicted octanol–water partition coefficient (Wildman–Crippen LogP) is 0.936. The van der Waals surface area contributed by atoms with Gasteiger partial charge in [-0.2, -0.15) is 4.68 Å². The molecule has 2 rings (SSSR count). The quantitative estimate of drug-likeness (QED) is 0.803. The van der Waals surface area contributed by atoms with Crippen LogP contribution in [0.2, 0.25) is 5.02 Å². The van der Waals surface area contributed by atoms with E-state index >= 15 is 0 Å². The van der Waals surface area contributed by atoms with Crippen molar-refractivity contribution in [3.63, 3.8) is 0 Å². The third-order valence-electron chi connectivity index (χ3n) is 2.79. The van der Waals surface area contributed by atoms with Gasteiger partial charge in [-0.25, -0.2) is 0 Å². The van der Waals surface area contributed by atoms with Gasteiger partial charge in [0, 0.05) is 18.1 Å². The van der Waals surface area contributed by atoms with Gasteiger partial charge in [-0.15, -0.1) is 11.7 Å². The molecule has 0 bridgehead atoms. The molecule has 1 aromatic carbocycles. The normalized spacial score (nSPS) is 10.4. The number of amides is 1. The van der Waals surface area contributed by atoms with Gasteiger partial charge in [0.15, 0.2) is 0 Å².